The molecule has 0 saturated heterocycles. The van der Waals surface area contributed by atoms with E-state index in [2.05, 4.69) is 20.8 Å². The lowest BCUT2D eigenvalue weighted by Crippen LogP contribution is -2.24. The molecule has 17 heavy (non-hydrogen) atoms. The largest absolute Gasteiger partial charge is 0.0625 e. The van der Waals surface area contributed by atoms with Crippen molar-refractivity contribution in [1.82, 2.24) is 0 Å². The van der Waals surface area contributed by atoms with Crippen molar-refractivity contribution in [1.29, 1.82) is 0 Å². The molecule has 0 aromatic rings. The molecule has 2 saturated carbocycles. The van der Waals surface area contributed by atoms with E-state index in [9.17, 15) is 0 Å². The van der Waals surface area contributed by atoms with Crippen LogP contribution in [0.2, 0.25) is 0 Å². The normalized spacial score (nSPS) is 43.6. The van der Waals surface area contributed by atoms with Crippen molar-refractivity contribution in [2.24, 2.45) is 29.6 Å². The topological polar surface area (TPSA) is 0 Å². The van der Waals surface area contributed by atoms with Crippen LogP contribution in [-0.4, -0.2) is 0 Å². The molecule has 0 heterocycles. The summed E-state index contributed by atoms with van der Waals surface area (Å²) in [6.45, 7) is 7.44. The Balaban J connectivity index is 1.73. The molecule has 0 nitrogen and oxygen atoms in total. The molecule has 2 rings (SSSR count). The van der Waals surface area contributed by atoms with Gasteiger partial charge in [0, 0.05) is 0 Å². The molecule has 0 N–H and O–H groups in total. The quantitative estimate of drug-likeness (QED) is 0.592. The summed E-state index contributed by atoms with van der Waals surface area (Å²) in [5, 5.41) is 0. The van der Waals surface area contributed by atoms with Crippen LogP contribution in [0.1, 0.15) is 78.6 Å². The first kappa shape index (κ1) is 13.4. The zero-order valence-electron chi connectivity index (χ0n) is 12.3. The van der Waals surface area contributed by atoms with Gasteiger partial charge < -0.3 is 0 Å². The fraction of sp³-hybridized carbons (Fsp3) is 1.00. The van der Waals surface area contributed by atoms with E-state index in [1.165, 1.54) is 57.8 Å². The van der Waals surface area contributed by atoms with Crippen molar-refractivity contribution in [2.45, 2.75) is 78.6 Å². The highest BCUT2D eigenvalue weighted by atomic mass is 14.3. The van der Waals surface area contributed by atoms with Crippen LogP contribution < -0.4 is 0 Å². The standard InChI is InChI=1S/C17H32/c1-13-8-9-17(15(3)12-13)11-10-16-7-5-4-6-14(16)2/h13-17H,4-12H2,1-3H3. The van der Waals surface area contributed by atoms with Crippen molar-refractivity contribution in [3.63, 3.8) is 0 Å². The lowest BCUT2D eigenvalue weighted by Gasteiger charge is -2.35. The third kappa shape index (κ3) is 3.73. The second kappa shape index (κ2) is 6.25. The molecule has 0 spiro atoms. The molecule has 0 bridgehead atoms. The Labute approximate surface area is 109 Å². The molecule has 0 aromatic carbocycles. The van der Waals surface area contributed by atoms with Crippen LogP contribution in [0.3, 0.4) is 0 Å². The molecule has 100 valence electrons. The maximum Gasteiger partial charge on any atom is -0.0388 e. The first-order valence-corrected chi connectivity index (χ1v) is 8.16. The summed E-state index contributed by atoms with van der Waals surface area (Å²) in [6.07, 6.45) is 13.6. The van der Waals surface area contributed by atoms with E-state index in [1.54, 1.807) is 0 Å². The zero-order valence-corrected chi connectivity index (χ0v) is 12.3. The molecule has 2 fully saturated rings. The van der Waals surface area contributed by atoms with Gasteiger partial charge >= 0.3 is 0 Å². The highest BCUT2D eigenvalue weighted by molar-refractivity contribution is 4.79. The molecule has 5 atom stereocenters. The Kier molecular flexibility index (Phi) is 4.94. The van der Waals surface area contributed by atoms with Gasteiger partial charge in [0.1, 0.15) is 0 Å². The van der Waals surface area contributed by atoms with Crippen molar-refractivity contribution < 1.29 is 0 Å². The molecule has 5 unspecified atom stereocenters. The van der Waals surface area contributed by atoms with Gasteiger partial charge in [-0.2, -0.15) is 0 Å². The lowest BCUT2D eigenvalue weighted by molar-refractivity contribution is 0.163. The van der Waals surface area contributed by atoms with Crippen LogP contribution >= 0.6 is 0 Å². The molecule has 0 amide bonds. The van der Waals surface area contributed by atoms with Gasteiger partial charge in [-0.05, 0) is 55.3 Å². The van der Waals surface area contributed by atoms with Crippen LogP contribution in [-0.2, 0) is 0 Å². The smallest absolute Gasteiger partial charge is 0.0388 e. The molecule has 0 aliphatic heterocycles. The highest BCUT2D eigenvalue weighted by Gasteiger charge is 2.27. The van der Waals surface area contributed by atoms with Gasteiger partial charge in [0.25, 0.3) is 0 Å². The van der Waals surface area contributed by atoms with Gasteiger partial charge in [0.15, 0.2) is 0 Å². The maximum atomic E-state index is 2.50. The molecule has 0 heteroatoms. The van der Waals surface area contributed by atoms with E-state index in [1.807, 2.05) is 0 Å². The van der Waals surface area contributed by atoms with Crippen molar-refractivity contribution in [3.8, 4) is 0 Å². The second-order valence-electron chi connectivity index (χ2n) is 7.25. The van der Waals surface area contributed by atoms with Crippen LogP contribution in [0.25, 0.3) is 0 Å². The molecular formula is C17H32. The predicted octanol–water partition coefficient (Wildman–Crippen LogP) is 5.67. The Morgan fingerprint density at radius 1 is 0.706 bits per heavy atom. The van der Waals surface area contributed by atoms with E-state index >= 15 is 0 Å². The van der Waals surface area contributed by atoms with Crippen molar-refractivity contribution in [2.75, 3.05) is 0 Å². The van der Waals surface area contributed by atoms with E-state index in [0.29, 0.717) is 0 Å². The van der Waals surface area contributed by atoms with Gasteiger partial charge in [-0.1, -0.05) is 52.9 Å². The lowest BCUT2D eigenvalue weighted by atomic mass is 9.71. The first-order chi connectivity index (χ1) is 8.16. The van der Waals surface area contributed by atoms with Crippen LogP contribution in [0.4, 0.5) is 0 Å². The fourth-order valence-electron chi connectivity index (χ4n) is 4.41. The predicted molar refractivity (Wildman–Crippen MR) is 76.0 cm³/mol. The number of hydrogen-bond donors (Lipinski definition) is 0. The Morgan fingerprint density at radius 2 is 1.35 bits per heavy atom. The van der Waals surface area contributed by atoms with Crippen molar-refractivity contribution in [3.05, 3.63) is 0 Å². The summed E-state index contributed by atoms with van der Waals surface area (Å²) >= 11 is 0. The van der Waals surface area contributed by atoms with Gasteiger partial charge in [-0.25, -0.2) is 0 Å². The Morgan fingerprint density at radius 3 is 2.00 bits per heavy atom. The summed E-state index contributed by atoms with van der Waals surface area (Å²) < 4.78 is 0. The Bertz CT molecular complexity index is 220. The monoisotopic (exact) mass is 236 g/mol. The first-order valence-electron chi connectivity index (χ1n) is 8.16. The van der Waals surface area contributed by atoms with Gasteiger partial charge in [-0.3, -0.25) is 0 Å². The highest BCUT2D eigenvalue weighted by Crippen LogP contribution is 2.39. The van der Waals surface area contributed by atoms with E-state index in [0.717, 1.165) is 29.6 Å². The van der Waals surface area contributed by atoms with Gasteiger partial charge in [0.05, 0.1) is 0 Å². The van der Waals surface area contributed by atoms with E-state index in [-0.39, 0.29) is 0 Å². The summed E-state index contributed by atoms with van der Waals surface area (Å²) in [5.41, 5.74) is 0. The molecule has 2 aliphatic rings. The van der Waals surface area contributed by atoms with E-state index in [4.69, 9.17) is 0 Å². The minimum atomic E-state index is 0.995. The van der Waals surface area contributed by atoms with Crippen LogP contribution in [0.5, 0.6) is 0 Å². The second-order valence-corrected chi connectivity index (χ2v) is 7.25. The molecule has 0 aromatic heterocycles. The average Bonchev–Trinajstić information content (AvgIpc) is 2.30. The summed E-state index contributed by atoms with van der Waals surface area (Å²) in [7, 11) is 0. The third-order valence-electron chi connectivity index (χ3n) is 5.81. The minimum absolute atomic E-state index is 0.995. The number of rotatable bonds is 3. The summed E-state index contributed by atoms with van der Waals surface area (Å²) in [4.78, 5) is 0. The fourth-order valence-corrected chi connectivity index (χ4v) is 4.41. The summed E-state index contributed by atoms with van der Waals surface area (Å²) in [5.74, 6) is 5.13. The average molecular weight is 236 g/mol. The zero-order chi connectivity index (χ0) is 12.3. The molecular weight excluding hydrogens is 204 g/mol. The molecule has 0 radical (unpaired) electrons. The van der Waals surface area contributed by atoms with Crippen LogP contribution in [0.15, 0.2) is 0 Å². The van der Waals surface area contributed by atoms with Gasteiger partial charge in [-0.15, -0.1) is 0 Å². The Hall–Kier alpha value is 0. The van der Waals surface area contributed by atoms with Crippen LogP contribution in [0, 0.1) is 29.6 Å². The van der Waals surface area contributed by atoms with E-state index < -0.39 is 0 Å². The minimum Gasteiger partial charge on any atom is -0.0625 e. The van der Waals surface area contributed by atoms with Gasteiger partial charge in [0.2, 0.25) is 0 Å². The number of hydrogen-bond acceptors (Lipinski definition) is 0. The third-order valence-corrected chi connectivity index (χ3v) is 5.81. The SMILES string of the molecule is CC1CCC(CCC2CCCCC2C)C(C)C1. The van der Waals surface area contributed by atoms with Crippen molar-refractivity contribution >= 4 is 0 Å². The maximum absolute atomic E-state index is 2.50. The summed E-state index contributed by atoms with van der Waals surface area (Å²) in [6, 6.07) is 0. The molecule has 2 aliphatic carbocycles.